The summed E-state index contributed by atoms with van der Waals surface area (Å²) in [6.45, 7) is 8.32. The molecule has 1 N–H and O–H groups in total. The van der Waals surface area contributed by atoms with Gasteiger partial charge in [-0.2, -0.15) is 0 Å². The molecule has 2 aromatic carbocycles. The summed E-state index contributed by atoms with van der Waals surface area (Å²) in [6, 6.07) is 15.5. The molecule has 3 aromatic rings. The third-order valence-corrected chi connectivity index (χ3v) is 5.95. The minimum Gasteiger partial charge on any atom is -0.507 e. The lowest BCUT2D eigenvalue weighted by atomic mass is 9.97. The second kappa shape index (κ2) is 9.51. The van der Waals surface area contributed by atoms with Crippen molar-refractivity contribution in [2.75, 3.05) is 11.5 Å². The molecule has 4 rings (SSSR count). The number of aryl methyl sites for hydroxylation is 3. The maximum atomic E-state index is 13.3. The third-order valence-electron chi connectivity index (χ3n) is 5.95. The lowest BCUT2D eigenvalue weighted by molar-refractivity contribution is -0.132. The molecule has 0 saturated carbocycles. The van der Waals surface area contributed by atoms with E-state index in [1.165, 1.54) is 4.90 Å². The van der Waals surface area contributed by atoms with Crippen LogP contribution in [0.4, 0.5) is 5.69 Å². The fourth-order valence-corrected chi connectivity index (χ4v) is 4.20. The Morgan fingerprint density at radius 1 is 1.03 bits per heavy atom. The molecule has 0 aliphatic carbocycles. The van der Waals surface area contributed by atoms with Crippen molar-refractivity contribution >= 4 is 23.1 Å². The molecule has 1 atom stereocenters. The van der Waals surface area contributed by atoms with E-state index >= 15 is 0 Å². The minimum atomic E-state index is -0.849. The van der Waals surface area contributed by atoms with E-state index in [2.05, 4.69) is 4.98 Å². The lowest BCUT2D eigenvalue weighted by Crippen LogP contribution is -2.30. The molecule has 1 amide bonds. The van der Waals surface area contributed by atoms with Crippen molar-refractivity contribution in [2.24, 2.45) is 0 Å². The summed E-state index contributed by atoms with van der Waals surface area (Å²) in [5.41, 5.74) is 4.23. The highest BCUT2D eigenvalue weighted by atomic mass is 16.5. The number of anilines is 1. The predicted octanol–water partition coefficient (Wildman–Crippen LogP) is 5.42. The van der Waals surface area contributed by atoms with Crippen LogP contribution < -0.4 is 9.64 Å². The molecule has 2 heterocycles. The molecule has 1 aliphatic heterocycles. The van der Waals surface area contributed by atoms with Crippen LogP contribution in [0.1, 0.15) is 47.3 Å². The molecule has 6 heteroatoms. The molecule has 0 spiro atoms. The lowest BCUT2D eigenvalue weighted by Gasteiger charge is -2.26. The van der Waals surface area contributed by atoms with E-state index in [0.29, 0.717) is 23.6 Å². The second-order valence-corrected chi connectivity index (χ2v) is 8.54. The minimum absolute atomic E-state index is 0.0197. The number of amides is 1. The largest absolute Gasteiger partial charge is 0.507 e. The van der Waals surface area contributed by atoms with Crippen molar-refractivity contribution in [2.45, 2.75) is 40.2 Å². The van der Waals surface area contributed by atoms with Crippen molar-refractivity contribution in [3.8, 4) is 5.75 Å². The monoisotopic (exact) mass is 456 g/mol. The number of rotatable bonds is 6. The van der Waals surface area contributed by atoms with Crippen molar-refractivity contribution in [3.05, 3.63) is 94.3 Å². The summed E-state index contributed by atoms with van der Waals surface area (Å²) in [6.07, 6.45) is 2.50. The van der Waals surface area contributed by atoms with Crippen molar-refractivity contribution in [1.82, 2.24) is 4.98 Å². The number of ether oxygens (including phenoxy) is 1. The van der Waals surface area contributed by atoms with Gasteiger partial charge in [-0.05, 0) is 80.3 Å². The van der Waals surface area contributed by atoms with E-state index in [9.17, 15) is 14.7 Å². The Bertz CT molecular complexity index is 1280. The van der Waals surface area contributed by atoms with Crippen LogP contribution in [0.2, 0.25) is 0 Å². The molecule has 0 radical (unpaired) electrons. The number of ketones is 1. The van der Waals surface area contributed by atoms with Crippen LogP contribution in [0.5, 0.6) is 5.75 Å². The average Bonchev–Trinajstić information content (AvgIpc) is 3.10. The Hall–Kier alpha value is -3.93. The summed E-state index contributed by atoms with van der Waals surface area (Å²) < 4.78 is 5.74. The number of aliphatic hydroxyl groups is 1. The quantitative estimate of drug-likeness (QED) is 0.304. The van der Waals surface area contributed by atoms with E-state index in [-0.39, 0.29) is 11.3 Å². The number of Topliss-reactive ketones (excluding diaryl/α,β-unsaturated/α-hetero) is 1. The molecule has 0 bridgehead atoms. The second-order valence-electron chi connectivity index (χ2n) is 8.54. The predicted molar refractivity (Wildman–Crippen MR) is 132 cm³/mol. The highest BCUT2D eigenvalue weighted by Gasteiger charge is 2.48. The first-order chi connectivity index (χ1) is 16.3. The van der Waals surface area contributed by atoms with Gasteiger partial charge < -0.3 is 9.84 Å². The van der Waals surface area contributed by atoms with Crippen LogP contribution in [0.15, 0.2) is 66.4 Å². The van der Waals surface area contributed by atoms with Gasteiger partial charge in [0.05, 0.1) is 17.9 Å². The molecule has 1 aromatic heterocycles. The van der Waals surface area contributed by atoms with Crippen LogP contribution in [0, 0.1) is 20.8 Å². The number of aromatic nitrogens is 1. The molecular weight excluding hydrogens is 428 g/mol. The van der Waals surface area contributed by atoms with E-state index in [1.54, 1.807) is 42.6 Å². The molecule has 174 valence electrons. The number of nitrogens with zero attached hydrogens (tertiary/aromatic N) is 2. The van der Waals surface area contributed by atoms with Crippen LogP contribution in [-0.4, -0.2) is 28.4 Å². The Morgan fingerprint density at radius 3 is 2.50 bits per heavy atom. The fraction of sp³-hybridized carbons (Fsp3) is 0.250. The summed E-state index contributed by atoms with van der Waals surface area (Å²) in [5.74, 6) is -0.939. The summed E-state index contributed by atoms with van der Waals surface area (Å²) in [4.78, 5) is 32.5. The standard InChI is InChI=1S/C28H28N2O4/c1-5-14-34-23-12-11-20(16-19(23)4)26(31)24-25(21-8-6-7-13-29-21)30(28(33)27(24)32)22-15-17(2)9-10-18(22)3/h6-13,15-16,25,31H,5,14H2,1-4H3/b26-24-. The number of pyridine rings is 1. The Kier molecular flexibility index (Phi) is 6.50. The summed E-state index contributed by atoms with van der Waals surface area (Å²) in [5, 5.41) is 11.3. The van der Waals surface area contributed by atoms with E-state index < -0.39 is 17.7 Å². The van der Waals surface area contributed by atoms with Gasteiger partial charge in [0, 0.05) is 17.4 Å². The number of hydrogen-bond donors (Lipinski definition) is 1. The molecule has 1 aliphatic rings. The van der Waals surface area contributed by atoms with Crippen molar-refractivity contribution < 1.29 is 19.4 Å². The first-order valence-corrected chi connectivity index (χ1v) is 11.4. The number of carbonyl (C=O) groups excluding carboxylic acids is 2. The highest BCUT2D eigenvalue weighted by molar-refractivity contribution is 6.51. The topological polar surface area (TPSA) is 79.7 Å². The van der Waals surface area contributed by atoms with Crippen molar-refractivity contribution in [3.63, 3.8) is 0 Å². The van der Waals surface area contributed by atoms with E-state index in [1.807, 2.05) is 45.9 Å². The number of hydrogen-bond acceptors (Lipinski definition) is 5. The van der Waals surface area contributed by atoms with Crippen LogP contribution in [0.3, 0.4) is 0 Å². The average molecular weight is 457 g/mol. The number of carbonyl (C=O) groups is 2. The Labute approximate surface area is 199 Å². The number of benzene rings is 2. The normalized spacial score (nSPS) is 17.3. The Balaban J connectivity index is 1.89. The zero-order chi connectivity index (χ0) is 24.4. The van der Waals surface area contributed by atoms with Gasteiger partial charge in [0.2, 0.25) is 0 Å². The van der Waals surface area contributed by atoms with Gasteiger partial charge in [-0.25, -0.2) is 0 Å². The summed E-state index contributed by atoms with van der Waals surface area (Å²) >= 11 is 0. The first kappa shape index (κ1) is 23.2. The van der Waals surface area contributed by atoms with E-state index in [4.69, 9.17) is 4.74 Å². The molecule has 34 heavy (non-hydrogen) atoms. The smallest absolute Gasteiger partial charge is 0.300 e. The maximum Gasteiger partial charge on any atom is 0.300 e. The SMILES string of the molecule is CCCOc1ccc(/C(O)=C2/C(=O)C(=O)N(c3cc(C)ccc3C)C2c2ccccn2)cc1C. The molecule has 1 fully saturated rings. The van der Waals surface area contributed by atoms with Crippen LogP contribution in [-0.2, 0) is 9.59 Å². The van der Waals surface area contributed by atoms with Gasteiger partial charge in [0.1, 0.15) is 17.6 Å². The zero-order valence-electron chi connectivity index (χ0n) is 19.8. The molecule has 6 nitrogen and oxygen atoms in total. The first-order valence-electron chi connectivity index (χ1n) is 11.4. The van der Waals surface area contributed by atoms with Gasteiger partial charge in [0.25, 0.3) is 11.7 Å². The van der Waals surface area contributed by atoms with Crippen LogP contribution in [0.25, 0.3) is 5.76 Å². The van der Waals surface area contributed by atoms with Gasteiger partial charge in [0.15, 0.2) is 0 Å². The van der Waals surface area contributed by atoms with Crippen molar-refractivity contribution in [1.29, 1.82) is 0 Å². The van der Waals surface area contributed by atoms with E-state index in [0.717, 1.165) is 28.9 Å². The molecule has 1 unspecified atom stereocenters. The van der Waals surface area contributed by atoms with Gasteiger partial charge in [-0.15, -0.1) is 0 Å². The maximum absolute atomic E-state index is 13.3. The molecule has 1 saturated heterocycles. The highest BCUT2D eigenvalue weighted by Crippen LogP contribution is 2.42. The number of aliphatic hydroxyl groups excluding tert-OH is 1. The summed E-state index contributed by atoms with van der Waals surface area (Å²) in [7, 11) is 0. The van der Waals surface area contributed by atoms with Gasteiger partial charge in [-0.1, -0.05) is 25.1 Å². The van der Waals surface area contributed by atoms with Gasteiger partial charge >= 0.3 is 0 Å². The Morgan fingerprint density at radius 2 is 1.82 bits per heavy atom. The molecular formula is C28H28N2O4. The fourth-order valence-electron chi connectivity index (χ4n) is 4.20. The van der Waals surface area contributed by atoms with Crippen LogP contribution >= 0.6 is 0 Å². The zero-order valence-corrected chi connectivity index (χ0v) is 19.8. The van der Waals surface area contributed by atoms with Gasteiger partial charge in [-0.3, -0.25) is 19.5 Å². The third kappa shape index (κ3) is 4.19.